The monoisotopic (exact) mass is 388 g/mol. The lowest BCUT2D eigenvalue weighted by atomic mass is 9.98. The van der Waals surface area contributed by atoms with Crippen LogP contribution in [-0.2, 0) is 11.2 Å². The van der Waals surface area contributed by atoms with Gasteiger partial charge in [-0.15, -0.1) is 0 Å². The van der Waals surface area contributed by atoms with Gasteiger partial charge in [-0.2, -0.15) is 0 Å². The predicted molar refractivity (Wildman–Crippen MR) is 115 cm³/mol. The number of nitrogens with zero attached hydrogens (tertiary/aromatic N) is 1. The van der Waals surface area contributed by atoms with Crippen molar-refractivity contribution in [2.75, 3.05) is 19.6 Å². The van der Waals surface area contributed by atoms with Crippen molar-refractivity contribution >= 4 is 17.9 Å². The van der Waals surface area contributed by atoms with Gasteiger partial charge in [0.25, 0.3) is 5.91 Å². The molecule has 2 aromatic carbocycles. The van der Waals surface area contributed by atoms with Gasteiger partial charge in [0.2, 0.25) is 5.91 Å². The first kappa shape index (κ1) is 19.4. The minimum absolute atomic E-state index is 0.0197. The van der Waals surface area contributed by atoms with Crippen LogP contribution in [0.5, 0.6) is 0 Å². The summed E-state index contributed by atoms with van der Waals surface area (Å²) < 4.78 is 0. The zero-order chi connectivity index (χ0) is 20.1. The van der Waals surface area contributed by atoms with E-state index in [4.69, 9.17) is 0 Å². The molecule has 0 spiro atoms. The second-order valence-corrected chi connectivity index (χ2v) is 8.24. The van der Waals surface area contributed by atoms with Crippen molar-refractivity contribution in [1.29, 1.82) is 0 Å². The first-order valence-electron chi connectivity index (χ1n) is 10.6. The van der Waals surface area contributed by atoms with E-state index in [1.807, 2.05) is 65.6 Å². The molecule has 2 amide bonds. The van der Waals surface area contributed by atoms with Crippen LogP contribution in [0, 0.1) is 11.8 Å². The summed E-state index contributed by atoms with van der Waals surface area (Å²) in [7, 11) is 0. The van der Waals surface area contributed by atoms with Crippen molar-refractivity contribution < 1.29 is 9.59 Å². The Bertz CT molecular complexity index is 869. The average molecular weight is 389 g/mol. The number of likely N-dealkylation sites (tertiary alicyclic amines) is 1. The normalized spacial score (nSPS) is 18.9. The van der Waals surface area contributed by atoms with Gasteiger partial charge in [0.1, 0.15) is 0 Å². The number of rotatable bonds is 7. The lowest BCUT2D eigenvalue weighted by Gasteiger charge is -2.14. The Morgan fingerprint density at radius 2 is 1.72 bits per heavy atom. The summed E-state index contributed by atoms with van der Waals surface area (Å²) in [5.41, 5.74) is 2.99. The Hall–Kier alpha value is -2.88. The molecule has 1 saturated carbocycles. The fraction of sp³-hybridized carbons (Fsp3) is 0.360. The van der Waals surface area contributed by atoms with Crippen molar-refractivity contribution in [1.82, 2.24) is 10.2 Å². The van der Waals surface area contributed by atoms with E-state index in [9.17, 15) is 9.59 Å². The van der Waals surface area contributed by atoms with E-state index in [0.717, 1.165) is 43.6 Å². The molecular weight excluding hydrogens is 360 g/mol. The highest BCUT2D eigenvalue weighted by Gasteiger charge is 2.25. The molecule has 150 valence electrons. The lowest BCUT2D eigenvalue weighted by Crippen LogP contribution is -2.27. The summed E-state index contributed by atoms with van der Waals surface area (Å²) in [5.74, 6) is 1.26. The van der Waals surface area contributed by atoms with Crippen LogP contribution in [0.25, 0.3) is 6.08 Å². The quantitative estimate of drug-likeness (QED) is 0.731. The molecule has 2 aromatic rings. The highest BCUT2D eigenvalue weighted by Crippen LogP contribution is 2.27. The van der Waals surface area contributed by atoms with Crippen molar-refractivity contribution in [2.45, 2.75) is 25.7 Å². The van der Waals surface area contributed by atoms with Gasteiger partial charge in [0.05, 0.1) is 0 Å². The standard InChI is InChI=1S/C25H28N2O2/c28-24(13-10-19-4-2-1-3-5-19)27-15-14-22(18-27)16-20-8-11-23(12-9-20)25(29)26-17-21-6-7-21/h1-5,8-13,21-22H,6-7,14-18H2,(H,26,29)/b13-10+. The number of carbonyl (C=O) groups excluding carboxylic acids is 2. The number of carbonyl (C=O) groups is 2. The van der Waals surface area contributed by atoms with Gasteiger partial charge in [0.15, 0.2) is 0 Å². The molecule has 1 saturated heterocycles. The molecule has 1 heterocycles. The first-order chi connectivity index (χ1) is 14.2. The molecule has 4 heteroatoms. The largest absolute Gasteiger partial charge is 0.352 e. The molecule has 4 nitrogen and oxygen atoms in total. The van der Waals surface area contributed by atoms with Gasteiger partial charge in [-0.3, -0.25) is 9.59 Å². The smallest absolute Gasteiger partial charge is 0.251 e. The van der Waals surface area contributed by atoms with Gasteiger partial charge in [-0.25, -0.2) is 0 Å². The predicted octanol–water partition coefficient (Wildman–Crippen LogP) is 3.93. The van der Waals surface area contributed by atoms with E-state index in [1.54, 1.807) is 6.08 Å². The third-order valence-electron chi connectivity index (χ3n) is 5.80. The summed E-state index contributed by atoms with van der Waals surface area (Å²) >= 11 is 0. The van der Waals surface area contributed by atoms with Gasteiger partial charge < -0.3 is 10.2 Å². The second-order valence-electron chi connectivity index (χ2n) is 8.24. The van der Waals surface area contributed by atoms with Crippen LogP contribution in [0.15, 0.2) is 60.7 Å². The minimum Gasteiger partial charge on any atom is -0.352 e. The van der Waals surface area contributed by atoms with Crippen molar-refractivity contribution in [3.05, 3.63) is 77.4 Å². The fourth-order valence-electron chi connectivity index (χ4n) is 3.82. The zero-order valence-electron chi connectivity index (χ0n) is 16.7. The van der Waals surface area contributed by atoms with Gasteiger partial charge in [-0.1, -0.05) is 42.5 Å². The zero-order valence-corrected chi connectivity index (χ0v) is 16.7. The maximum atomic E-state index is 12.4. The summed E-state index contributed by atoms with van der Waals surface area (Å²) in [4.78, 5) is 26.5. The van der Waals surface area contributed by atoms with Crippen LogP contribution in [0.2, 0.25) is 0 Å². The average Bonchev–Trinajstić information content (AvgIpc) is 3.48. The van der Waals surface area contributed by atoms with Crippen molar-refractivity contribution in [3.63, 3.8) is 0 Å². The number of nitrogens with one attached hydrogen (secondary N) is 1. The van der Waals surface area contributed by atoms with E-state index < -0.39 is 0 Å². The van der Waals surface area contributed by atoms with Crippen LogP contribution >= 0.6 is 0 Å². The molecule has 2 aliphatic rings. The van der Waals surface area contributed by atoms with E-state index in [2.05, 4.69) is 5.32 Å². The van der Waals surface area contributed by atoms with E-state index in [-0.39, 0.29) is 11.8 Å². The van der Waals surface area contributed by atoms with E-state index in [0.29, 0.717) is 11.8 Å². The molecule has 4 rings (SSSR count). The number of hydrogen-bond acceptors (Lipinski definition) is 2. The fourth-order valence-corrected chi connectivity index (χ4v) is 3.82. The first-order valence-corrected chi connectivity index (χ1v) is 10.6. The Morgan fingerprint density at radius 3 is 2.45 bits per heavy atom. The van der Waals surface area contributed by atoms with Crippen LogP contribution in [-0.4, -0.2) is 36.3 Å². The molecule has 1 N–H and O–H groups in total. The third-order valence-corrected chi connectivity index (χ3v) is 5.80. The van der Waals surface area contributed by atoms with Crippen molar-refractivity contribution in [2.24, 2.45) is 11.8 Å². The Morgan fingerprint density at radius 1 is 0.966 bits per heavy atom. The molecule has 1 unspecified atom stereocenters. The lowest BCUT2D eigenvalue weighted by molar-refractivity contribution is -0.125. The van der Waals surface area contributed by atoms with Crippen LogP contribution in [0.1, 0.15) is 40.7 Å². The van der Waals surface area contributed by atoms with Crippen LogP contribution < -0.4 is 5.32 Å². The topological polar surface area (TPSA) is 49.4 Å². The molecular formula is C25H28N2O2. The summed E-state index contributed by atoms with van der Waals surface area (Å²) in [6, 6.07) is 17.8. The van der Waals surface area contributed by atoms with E-state index in [1.165, 1.54) is 18.4 Å². The third kappa shape index (κ3) is 5.57. The maximum Gasteiger partial charge on any atom is 0.251 e. The minimum atomic E-state index is 0.0197. The summed E-state index contributed by atoms with van der Waals surface area (Å²) in [6.45, 7) is 2.40. The van der Waals surface area contributed by atoms with Gasteiger partial charge in [0, 0.05) is 31.3 Å². The molecule has 2 fully saturated rings. The molecule has 0 aromatic heterocycles. The Balaban J connectivity index is 1.25. The number of benzene rings is 2. The highest BCUT2D eigenvalue weighted by molar-refractivity contribution is 5.94. The van der Waals surface area contributed by atoms with Gasteiger partial charge >= 0.3 is 0 Å². The van der Waals surface area contributed by atoms with Crippen LogP contribution in [0.3, 0.4) is 0 Å². The van der Waals surface area contributed by atoms with E-state index >= 15 is 0 Å². The maximum absolute atomic E-state index is 12.4. The number of hydrogen-bond donors (Lipinski definition) is 1. The van der Waals surface area contributed by atoms with Crippen molar-refractivity contribution in [3.8, 4) is 0 Å². The summed E-state index contributed by atoms with van der Waals surface area (Å²) in [5, 5.41) is 3.01. The molecule has 29 heavy (non-hydrogen) atoms. The molecule has 1 aliphatic carbocycles. The molecule has 1 aliphatic heterocycles. The van der Waals surface area contributed by atoms with Gasteiger partial charge in [-0.05, 0) is 66.9 Å². The second kappa shape index (κ2) is 9.08. The summed E-state index contributed by atoms with van der Waals surface area (Å²) in [6.07, 6.45) is 7.99. The molecule has 0 radical (unpaired) electrons. The highest BCUT2D eigenvalue weighted by atomic mass is 16.2. The molecule has 0 bridgehead atoms. The van der Waals surface area contributed by atoms with Crippen LogP contribution in [0.4, 0.5) is 0 Å². The number of amides is 2. The SMILES string of the molecule is O=C(NCC1CC1)c1ccc(CC2CCN(C(=O)/C=C/c3ccccc3)C2)cc1. The Labute approximate surface area is 172 Å². The molecule has 1 atom stereocenters. The Kier molecular flexibility index (Phi) is 6.09.